The summed E-state index contributed by atoms with van der Waals surface area (Å²) < 4.78 is 57.8. The predicted octanol–water partition coefficient (Wildman–Crippen LogP) is 4.32. The molecule has 5 aromatic rings. The molecule has 190 valence electrons. The van der Waals surface area contributed by atoms with Gasteiger partial charge in [0.2, 0.25) is 22.7 Å². The summed E-state index contributed by atoms with van der Waals surface area (Å²) >= 11 is 7.29. The first-order chi connectivity index (χ1) is 17.8. The minimum Gasteiger partial charge on any atom is -0.422 e. The van der Waals surface area contributed by atoms with E-state index < -0.39 is 26.0 Å². The zero-order valence-corrected chi connectivity index (χ0v) is 22.2. The average molecular weight is 575 g/mol. The molecule has 0 aliphatic heterocycles. The highest BCUT2D eigenvalue weighted by molar-refractivity contribution is 7.91. The number of aromatic nitrogens is 3. The summed E-state index contributed by atoms with van der Waals surface area (Å²) in [6.45, 7) is -0.257. The molecule has 0 aliphatic carbocycles. The minimum atomic E-state index is -3.97. The Labute approximate surface area is 223 Å². The first kappa shape index (κ1) is 25.5. The molecule has 1 unspecified atom stereocenters. The lowest BCUT2D eigenvalue weighted by Crippen LogP contribution is -2.17. The maximum absolute atomic E-state index is 13.7. The fraction of sp³-hybridized carbons (Fsp3) is 0.125. The van der Waals surface area contributed by atoms with E-state index in [0.717, 1.165) is 15.8 Å². The normalized spacial score (nSPS) is 12.8. The summed E-state index contributed by atoms with van der Waals surface area (Å²) in [6, 6.07) is 22.1. The van der Waals surface area contributed by atoms with Crippen LogP contribution in [0, 0.1) is 0 Å². The van der Waals surface area contributed by atoms with Gasteiger partial charge >= 0.3 is 0 Å². The van der Waals surface area contributed by atoms with Crippen LogP contribution in [0.2, 0.25) is 5.02 Å². The van der Waals surface area contributed by atoms with Gasteiger partial charge in [0.1, 0.15) is 5.01 Å². The number of halogens is 1. The molecule has 0 saturated heterocycles. The Bertz CT molecular complexity index is 1740. The number of thiol groups is 1. The van der Waals surface area contributed by atoms with Crippen LogP contribution in [0.15, 0.2) is 77.2 Å². The van der Waals surface area contributed by atoms with E-state index in [9.17, 15) is 16.8 Å². The SMILES string of the molecule is O=[SH](=O)NCc1nnc(C(c2nc3ccc(-c4ccccc4)cc3s2)S(=O)(=O)Cc2cccc(Cl)c2)o1. The quantitative estimate of drug-likeness (QED) is 0.249. The van der Waals surface area contributed by atoms with Crippen LogP contribution in [0.3, 0.4) is 0 Å². The zero-order valence-electron chi connectivity index (χ0n) is 18.9. The number of fused-ring (bicyclic) bond motifs is 1. The Hall–Kier alpha value is -3.16. The molecule has 13 heteroatoms. The lowest BCUT2D eigenvalue weighted by atomic mass is 10.1. The van der Waals surface area contributed by atoms with Gasteiger partial charge in [0, 0.05) is 5.02 Å². The molecule has 9 nitrogen and oxygen atoms in total. The fourth-order valence-corrected chi connectivity index (χ4v) is 7.41. The molecule has 1 N–H and O–H groups in total. The number of hydrogen-bond donors (Lipinski definition) is 2. The highest BCUT2D eigenvalue weighted by atomic mass is 35.5. The minimum absolute atomic E-state index is 0.0652. The molecule has 5 rings (SSSR count). The van der Waals surface area contributed by atoms with Gasteiger partial charge in [-0.15, -0.1) is 21.5 Å². The third kappa shape index (κ3) is 5.89. The standard InChI is InChI=1S/C24H19ClN4O5S3/c25-18-8-4-5-15(11-18)14-37(32,33)22(23-29-28-21(34-23)13-26-36(30)31)24-27-19-10-9-17(12-20(19)35-24)16-6-2-1-3-7-16/h1-12,22,36H,13-14H2,(H,26,30,31). The van der Waals surface area contributed by atoms with Gasteiger partial charge < -0.3 is 4.42 Å². The van der Waals surface area contributed by atoms with Gasteiger partial charge in [-0.1, -0.05) is 60.1 Å². The van der Waals surface area contributed by atoms with E-state index in [4.69, 9.17) is 16.0 Å². The summed E-state index contributed by atoms with van der Waals surface area (Å²) in [4.78, 5) is 4.61. The summed E-state index contributed by atoms with van der Waals surface area (Å²) in [7, 11) is -6.86. The average Bonchev–Trinajstić information content (AvgIpc) is 3.49. The van der Waals surface area contributed by atoms with Crippen LogP contribution < -0.4 is 4.72 Å². The van der Waals surface area contributed by atoms with Gasteiger partial charge in [0.25, 0.3) is 0 Å². The van der Waals surface area contributed by atoms with Gasteiger partial charge in [0.05, 0.1) is 22.5 Å². The second-order valence-electron chi connectivity index (χ2n) is 8.04. The Morgan fingerprint density at radius 3 is 2.54 bits per heavy atom. The van der Waals surface area contributed by atoms with Crippen LogP contribution in [-0.4, -0.2) is 32.0 Å². The largest absolute Gasteiger partial charge is 0.422 e. The van der Waals surface area contributed by atoms with Crippen molar-refractivity contribution in [3.8, 4) is 11.1 Å². The van der Waals surface area contributed by atoms with E-state index in [0.29, 0.717) is 16.1 Å². The first-order valence-electron chi connectivity index (χ1n) is 10.9. The van der Waals surface area contributed by atoms with Gasteiger partial charge in [0.15, 0.2) is 15.1 Å². The molecule has 0 fully saturated rings. The van der Waals surface area contributed by atoms with E-state index in [1.54, 1.807) is 24.3 Å². The monoisotopic (exact) mass is 574 g/mol. The number of rotatable bonds is 9. The molecule has 1 atom stereocenters. The van der Waals surface area contributed by atoms with Crippen molar-refractivity contribution in [3.63, 3.8) is 0 Å². The third-order valence-corrected chi connectivity index (χ3v) is 9.18. The van der Waals surface area contributed by atoms with Crippen LogP contribution in [0.25, 0.3) is 21.3 Å². The Kier molecular flexibility index (Phi) is 7.36. The van der Waals surface area contributed by atoms with Crippen LogP contribution in [0.1, 0.15) is 27.6 Å². The maximum atomic E-state index is 13.7. The molecule has 0 amide bonds. The topological polar surface area (TPSA) is 132 Å². The van der Waals surface area contributed by atoms with Crippen molar-refractivity contribution in [1.82, 2.24) is 19.9 Å². The molecular weight excluding hydrogens is 556 g/mol. The summed E-state index contributed by atoms with van der Waals surface area (Å²) in [6.07, 6.45) is 0. The van der Waals surface area contributed by atoms with Gasteiger partial charge in [-0.3, -0.25) is 0 Å². The lowest BCUT2D eigenvalue weighted by Gasteiger charge is -2.12. The number of nitrogens with one attached hydrogen (secondary N) is 1. The van der Waals surface area contributed by atoms with Crippen LogP contribution in [-0.2, 0) is 33.0 Å². The van der Waals surface area contributed by atoms with Crippen molar-refractivity contribution in [1.29, 1.82) is 0 Å². The fourth-order valence-electron chi connectivity index (χ4n) is 3.80. The molecule has 0 aliphatic rings. The van der Waals surface area contributed by atoms with E-state index in [1.807, 2.05) is 48.5 Å². The zero-order chi connectivity index (χ0) is 26.0. The highest BCUT2D eigenvalue weighted by Crippen LogP contribution is 2.38. The molecule has 2 aromatic heterocycles. The van der Waals surface area contributed by atoms with Gasteiger partial charge in [-0.05, 0) is 41.0 Å². The Morgan fingerprint density at radius 1 is 0.973 bits per heavy atom. The van der Waals surface area contributed by atoms with Crippen molar-refractivity contribution in [2.45, 2.75) is 17.5 Å². The van der Waals surface area contributed by atoms with Gasteiger partial charge in [-0.25, -0.2) is 26.5 Å². The lowest BCUT2D eigenvalue weighted by molar-refractivity contribution is 0.444. The van der Waals surface area contributed by atoms with E-state index in [2.05, 4.69) is 19.9 Å². The van der Waals surface area contributed by atoms with Crippen molar-refractivity contribution >= 4 is 53.9 Å². The molecule has 2 heterocycles. The number of hydrogen-bond acceptors (Lipinski definition) is 9. The predicted molar refractivity (Wildman–Crippen MR) is 142 cm³/mol. The van der Waals surface area contributed by atoms with Crippen molar-refractivity contribution in [3.05, 3.63) is 100 Å². The molecule has 0 bridgehead atoms. The van der Waals surface area contributed by atoms with Crippen molar-refractivity contribution < 1.29 is 21.3 Å². The van der Waals surface area contributed by atoms with Crippen LogP contribution in [0.4, 0.5) is 0 Å². The summed E-state index contributed by atoms with van der Waals surface area (Å²) in [5, 5.41) is 7.08. The number of benzene rings is 3. The number of sulfone groups is 1. The maximum Gasteiger partial charge on any atom is 0.241 e. The molecule has 0 radical (unpaired) electrons. The summed E-state index contributed by atoms with van der Waals surface area (Å²) in [5.74, 6) is -0.599. The van der Waals surface area contributed by atoms with E-state index >= 15 is 0 Å². The second kappa shape index (κ2) is 10.7. The van der Waals surface area contributed by atoms with Crippen molar-refractivity contribution in [2.75, 3.05) is 0 Å². The van der Waals surface area contributed by atoms with Crippen LogP contribution >= 0.6 is 22.9 Å². The smallest absolute Gasteiger partial charge is 0.241 e. The highest BCUT2D eigenvalue weighted by Gasteiger charge is 2.37. The van der Waals surface area contributed by atoms with E-state index in [1.165, 1.54) is 11.3 Å². The Balaban J connectivity index is 1.57. The van der Waals surface area contributed by atoms with Crippen LogP contribution in [0.5, 0.6) is 0 Å². The molecule has 3 aromatic carbocycles. The van der Waals surface area contributed by atoms with Gasteiger partial charge in [-0.2, -0.15) is 0 Å². The summed E-state index contributed by atoms with van der Waals surface area (Å²) in [5.41, 5.74) is 3.12. The second-order valence-corrected chi connectivity index (χ2v) is 12.5. The molecule has 0 saturated carbocycles. The number of thiazole rings is 1. The first-order valence-corrected chi connectivity index (χ1v) is 15.0. The molecular formula is C24H19ClN4O5S3. The third-order valence-electron chi connectivity index (χ3n) is 5.42. The Morgan fingerprint density at radius 2 is 1.78 bits per heavy atom. The molecule has 0 spiro atoms. The number of nitrogens with zero attached hydrogens (tertiary/aromatic N) is 3. The van der Waals surface area contributed by atoms with Crippen molar-refractivity contribution in [2.24, 2.45) is 0 Å². The molecule has 37 heavy (non-hydrogen) atoms. The van der Waals surface area contributed by atoms with E-state index in [-0.39, 0.29) is 29.1 Å².